The lowest BCUT2D eigenvalue weighted by Crippen LogP contribution is -2.42. The topological polar surface area (TPSA) is 6.48 Å². The van der Waals surface area contributed by atoms with Gasteiger partial charge in [0.05, 0.1) is 6.17 Å². The van der Waals surface area contributed by atoms with Crippen molar-refractivity contribution in [2.45, 2.75) is 20.0 Å². The van der Waals surface area contributed by atoms with Crippen LogP contribution in [-0.2, 0) is 0 Å². The maximum atomic E-state index is 2.38. The summed E-state index contributed by atoms with van der Waals surface area (Å²) in [5.41, 5.74) is 1.29. The lowest BCUT2D eigenvalue weighted by atomic mass is 10.2. The number of nitrogens with zero attached hydrogens (tertiary/aromatic N) is 2. The Balaban J connectivity index is 0.00000196. The van der Waals surface area contributed by atoms with Gasteiger partial charge in [0.2, 0.25) is 0 Å². The van der Waals surface area contributed by atoms with Crippen LogP contribution in [0.5, 0.6) is 0 Å². The highest BCUT2D eigenvalue weighted by Crippen LogP contribution is 2.16. The Bertz CT molecular complexity index is 262. The van der Waals surface area contributed by atoms with Gasteiger partial charge < -0.3 is 4.90 Å². The molecule has 0 aliphatic heterocycles. The van der Waals surface area contributed by atoms with Crippen molar-refractivity contribution in [3.63, 3.8) is 0 Å². The van der Waals surface area contributed by atoms with Crippen LogP contribution in [0.2, 0.25) is 0 Å². The number of hydrogen-bond acceptors (Lipinski definition) is 2. The van der Waals surface area contributed by atoms with Gasteiger partial charge in [0, 0.05) is 12.2 Å². The van der Waals surface area contributed by atoms with E-state index in [2.05, 4.69) is 68.1 Å². The van der Waals surface area contributed by atoms with Crippen molar-refractivity contribution < 1.29 is 0 Å². The van der Waals surface area contributed by atoms with Crippen molar-refractivity contribution in [1.82, 2.24) is 4.90 Å². The fraction of sp³-hybridized carbons (Fsp3) is 0.500. The van der Waals surface area contributed by atoms with Crippen LogP contribution in [0.4, 0.5) is 5.69 Å². The van der Waals surface area contributed by atoms with Crippen LogP contribution in [0, 0.1) is 0 Å². The minimum atomic E-state index is 0. The number of hydrogen-bond donors (Lipinski definition) is 0. The first-order chi connectivity index (χ1) is 6.66. The Morgan fingerprint density at radius 3 is 2.07 bits per heavy atom. The molecule has 0 amide bonds. The van der Waals surface area contributed by atoms with Crippen LogP contribution in [0.3, 0.4) is 0 Å². The summed E-state index contributed by atoms with van der Waals surface area (Å²) < 4.78 is 0. The zero-order valence-electron chi connectivity index (χ0n) is 9.97. The quantitative estimate of drug-likeness (QED) is 0.732. The monoisotopic (exact) mass is 228 g/mol. The average Bonchev–Trinajstić information content (AvgIpc) is 2.20. The predicted octanol–water partition coefficient (Wildman–Crippen LogP) is 2.84. The van der Waals surface area contributed by atoms with Crippen LogP contribution in [0.1, 0.15) is 13.8 Å². The minimum Gasteiger partial charge on any atom is -0.356 e. The SMILES string of the molecule is CCN(c1ccccc1)C(C)N(C)C.Cl. The van der Waals surface area contributed by atoms with Gasteiger partial charge in [0.15, 0.2) is 0 Å². The van der Waals surface area contributed by atoms with Crippen molar-refractivity contribution in [2.24, 2.45) is 0 Å². The summed E-state index contributed by atoms with van der Waals surface area (Å²) in [4.78, 5) is 4.59. The Hall–Kier alpha value is -0.730. The molecule has 0 aromatic heterocycles. The van der Waals surface area contributed by atoms with E-state index in [4.69, 9.17) is 0 Å². The van der Waals surface area contributed by atoms with Crippen LogP contribution < -0.4 is 4.90 Å². The number of rotatable bonds is 4. The van der Waals surface area contributed by atoms with Gasteiger partial charge in [-0.15, -0.1) is 12.4 Å². The second kappa shape index (κ2) is 6.70. The van der Waals surface area contributed by atoms with E-state index in [0.29, 0.717) is 6.17 Å². The van der Waals surface area contributed by atoms with E-state index in [1.165, 1.54) is 5.69 Å². The molecule has 0 saturated heterocycles. The van der Waals surface area contributed by atoms with Gasteiger partial charge in [-0.2, -0.15) is 0 Å². The lowest BCUT2D eigenvalue weighted by Gasteiger charge is -2.34. The molecule has 0 saturated carbocycles. The lowest BCUT2D eigenvalue weighted by molar-refractivity contribution is 0.304. The van der Waals surface area contributed by atoms with Crippen molar-refractivity contribution in [3.05, 3.63) is 30.3 Å². The van der Waals surface area contributed by atoms with E-state index in [0.717, 1.165) is 6.54 Å². The van der Waals surface area contributed by atoms with Crippen LogP contribution in [0.15, 0.2) is 30.3 Å². The summed E-state index contributed by atoms with van der Waals surface area (Å²) in [6.45, 7) is 5.44. The van der Waals surface area contributed by atoms with Crippen molar-refractivity contribution >= 4 is 18.1 Å². The van der Waals surface area contributed by atoms with Crippen LogP contribution in [-0.4, -0.2) is 31.7 Å². The van der Waals surface area contributed by atoms with E-state index >= 15 is 0 Å². The van der Waals surface area contributed by atoms with Gasteiger partial charge >= 0.3 is 0 Å². The van der Waals surface area contributed by atoms with Gasteiger partial charge in [0.25, 0.3) is 0 Å². The van der Waals surface area contributed by atoms with Gasteiger partial charge in [-0.1, -0.05) is 18.2 Å². The molecule has 0 radical (unpaired) electrons. The van der Waals surface area contributed by atoms with Crippen molar-refractivity contribution in [2.75, 3.05) is 25.5 Å². The number of anilines is 1. The average molecular weight is 229 g/mol. The standard InChI is InChI=1S/C12H20N2.ClH/c1-5-14(11(2)13(3)4)12-9-7-6-8-10-12;/h6-11H,5H2,1-4H3;1H. The summed E-state index contributed by atoms with van der Waals surface area (Å²) in [5.74, 6) is 0. The summed E-state index contributed by atoms with van der Waals surface area (Å²) in [7, 11) is 4.21. The molecule has 2 nitrogen and oxygen atoms in total. The third-order valence-electron chi connectivity index (χ3n) is 2.63. The molecule has 1 rings (SSSR count). The predicted molar refractivity (Wildman–Crippen MR) is 69.9 cm³/mol. The Kier molecular flexibility index (Phi) is 6.37. The summed E-state index contributed by atoms with van der Waals surface area (Å²) >= 11 is 0. The van der Waals surface area contributed by atoms with E-state index < -0.39 is 0 Å². The molecular formula is C12H21ClN2. The van der Waals surface area contributed by atoms with Gasteiger partial charge in [-0.05, 0) is 40.1 Å². The highest BCUT2D eigenvalue weighted by atomic mass is 35.5. The molecule has 15 heavy (non-hydrogen) atoms. The fourth-order valence-electron chi connectivity index (χ4n) is 1.56. The van der Waals surface area contributed by atoms with Crippen molar-refractivity contribution in [3.8, 4) is 0 Å². The number of benzene rings is 1. The normalized spacial score (nSPS) is 12.1. The molecule has 1 unspecified atom stereocenters. The molecule has 0 fully saturated rings. The largest absolute Gasteiger partial charge is 0.356 e. The van der Waals surface area contributed by atoms with Crippen LogP contribution >= 0.6 is 12.4 Å². The third-order valence-corrected chi connectivity index (χ3v) is 2.63. The molecule has 0 aliphatic carbocycles. The first kappa shape index (κ1) is 14.3. The van der Waals surface area contributed by atoms with Crippen LogP contribution in [0.25, 0.3) is 0 Å². The number of para-hydroxylation sites is 1. The molecule has 0 N–H and O–H groups in total. The molecule has 1 atom stereocenters. The van der Waals surface area contributed by atoms with Gasteiger partial charge in [-0.3, -0.25) is 4.90 Å². The Morgan fingerprint density at radius 2 is 1.67 bits per heavy atom. The summed E-state index contributed by atoms with van der Waals surface area (Å²) in [6.07, 6.45) is 0.433. The molecule has 0 spiro atoms. The maximum Gasteiger partial charge on any atom is 0.0787 e. The second-order valence-electron chi connectivity index (χ2n) is 3.72. The van der Waals surface area contributed by atoms with Gasteiger partial charge in [-0.25, -0.2) is 0 Å². The Morgan fingerprint density at radius 1 is 1.13 bits per heavy atom. The first-order valence-electron chi connectivity index (χ1n) is 5.15. The zero-order valence-corrected chi connectivity index (χ0v) is 10.8. The van der Waals surface area contributed by atoms with Gasteiger partial charge in [0.1, 0.15) is 0 Å². The summed E-state index contributed by atoms with van der Waals surface area (Å²) in [6, 6.07) is 10.5. The molecule has 0 bridgehead atoms. The number of halogens is 1. The second-order valence-corrected chi connectivity index (χ2v) is 3.72. The Labute approximate surface area is 99.3 Å². The maximum absolute atomic E-state index is 2.38. The molecule has 1 aromatic rings. The third kappa shape index (κ3) is 3.73. The highest BCUT2D eigenvalue weighted by molar-refractivity contribution is 5.85. The minimum absolute atomic E-state index is 0. The molecule has 1 aromatic carbocycles. The fourth-order valence-corrected chi connectivity index (χ4v) is 1.56. The van der Waals surface area contributed by atoms with E-state index in [9.17, 15) is 0 Å². The smallest absolute Gasteiger partial charge is 0.0787 e. The molecule has 86 valence electrons. The zero-order chi connectivity index (χ0) is 10.6. The molecular weight excluding hydrogens is 208 g/mol. The molecule has 3 heteroatoms. The van der Waals surface area contributed by atoms with E-state index in [1.807, 2.05) is 0 Å². The van der Waals surface area contributed by atoms with Crippen molar-refractivity contribution in [1.29, 1.82) is 0 Å². The van der Waals surface area contributed by atoms with E-state index in [1.54, 1.807) is 0 Å². The first-order valence-corrected chi connectivity index (χ1v) is 5.15. The molecule has 0 aliphatic rings. The van der Waals surface area contributed by atoms with E-state index in [-0.39, 0.29) is 12.4 Å². The highest BCUT2D eigenvalue weighted by Gasteiger charge is 2.13. The summed E-state index contributed by atoms with van der Waals surface area (Å²) in [5, 5.41) is 0. The molecule has 0 heterocycles.